The molecule has 0 aromatic rings. The summed E-state index contributed by atoms with van der Waals surface area (Å²) in [7, 11) is 0. The lowest BCUT2D eigenvalue weighted by Crippen LogP contribution is -2.60. The Kier molecular flexibility index (Phi) is 13.0. The van der Waals surface area contributed by atoms with Gasteiger partial charge in [-0.1, -0.05) is 48.0 Å². The number of amides is 5. The standard InChI is InChI=1S/C29H49N5O7/c1-8-18(6)24-28(39)32-23(17(4)5)27(38)31-19(7)25(36)30-14-13-22(35)41-21(12-11-16(2)3)29(40)34-15-9-10-20(34)26(37)33-24/h16-21,23-24H,8-15H2,1-7H3,(H,30,36)(H,31,38)(H,32,39)(H,33,37). The van der Waals surface area contributed by atoms with Gasteiger partial charge in [-0.2, -0.15) is 0 Å². The Morgan fingerprint density at radius 3 is 2.12 bits per heavy atom. The van der Waals surface area contributed by atoms with Gasteiger partial charge in [-0.05, 0) is 50.4 Å². The summed E-state index contributed by atoms with van der Waals surface area (Å²) in [6.45, 7) is 13.1. The molecule has 0 aliphatic carbocycles. The molecular weight excluding hydrogens is 530 g/mol. The van der Waals surface area contributed by atoms with Gasteiger partial charge in [0.05, 0.1) is 6.42 Å². The molecule has 6 atom stereocenters. The van der Waals surface area contributed by atoms with E-state index in [2.05, 4.69) is 21.3 Å². The highest BCUT2D eigenvalue weighted by atomic mass is 16.5. The molecule has 12 heteroatoms. The number of cyclic esters (lactones) is 1. The summed E-state index contributed by atoms with van der Waals surface area (Å²) in [5, 5.41) is 10.8. The van der Waals surface area contributed by atoms with Gasteiger partial charge in [0.15, 0.2) is 6.10 Å². The molecule has 0 bridgehead atoms. The van der Waals surface area contributed by atoms with Gasteiger partial charge in [-0.3, -0.25) is 28.8 Å². The van der Waals surface area contributed by atoms with Gasteiger partial charge in [0, 0.05) is 13.1 Å². The summed E-state index contributed by atoms with van der Waals surface area (Å²) in [6, 6.07) is -3.65. The first kappa shape index (κ1) is 34.0. The second-order valence-corrected chi connectivity index (χ2v) is 12.0. The third-order valence-corrected chi connectivity index (χ3v) is 7.81. The van der Waals surface area contributed by atoms with Crippen LogP contribution in [0.3, 0.4) is 0 Å². The van der Waals surface area contributed by atoms with E-state index in [0.29, 0.717) is 38.6 Å². The number of carbonyl (C=O) groups is 6. The maximum absolute atomic E-state index is 13.6. The summed E-state index contributed by atoms with van der Waals surface area (Å²) in [4.78, 5) is 80.5. The van der Waals surface area contributed by atoms with E-state index >= 15 is 0 Å². The minimum absolute atomic E-state index is 0.0430. The van der Waals surface area contributed by atoms with Crippen LogP contribution in [0, 0.1) is 17.8 Å². The van der Waals surface area contributed by atoms with Crippen molar-refractivity contribution in [2.24, 2.45) is 17.8 Å². The number of nitrogens with zero attached hydrogens (tertiary/aromatic N) is 1. The van der Waals surface area contributed by atoms with Crippen LogP contribution < -0.4 is 21.3 Å². The Hall–Kier alpha value is -3.18. The van der Waals surface area contributed by atoms with Gasteiger partial charge < -0.3 is 30.9 Å². The average molecular weight is 580 g/mol. The van der Waals surface area contributed by atoms with E-state index < -0.39 is 65.8 Å². The van der Waals surface area contributed by atoms with Crippen molar-refractivity contribution in [3.63, 3.8) is 0 Å². The Morgan fingerprint density at radius 2 is 1.51 bits per heavy atom. The fourth-order valence-corrected chi connectivity index (χ4v) is 4.96. The lowest BCUT2D eigenvalue weighted by Gasteiger charge is -2.31. The van der Waals surface area contributed by atoms with Crippen LogP contribution in [-0.4, -0.2) is 83.8 Å². The monoisotopic (exact) mass is 579 g/mol. The maximum atomic E-state index is 13.6. The second kappa shape index (κ2) is 15.7. The zero-order valence-corrected chi connectivity index (χ0v) is 25.6. The van der Waals surface area contributed by atoms with Gasteiger partial charge in [0.1, 0.15) is 24.2 Å². The van der Waals surface area contributed by atoms with E-state index in [1.54, 1.807) is 13.8 Å². The molecule has 5 amide bonds. The predicted molar refractivity (Wildman–Crippen MR) is 152 cm³/mol. The van der Waals surface area contributed by atoms with Crippen LogP contribution in [0.25, 0.3) is 0 Å². The maximum Gasteiger partial charge on any atom is 0.308 e. The molecule has 2 saturated heterocycles. The summed E-state index contributed by atoms with van der Waals surface area (Å²) in [6.07, 6.45) is 1.30. The zero-order chi connectivity index (χ0) is 30.9. The molecule has 0 aromatic carbocycles. The molecule has 2 rings (SSSR count). The van der Waals surface area contributed by atoms with Gasteiger partial charge >= 0.3 is 5.97 Å². The average Bonchev–Trinajstić information content (AvgIpc) is 3.40. The number of fused-ring (bicyclic) bond motifs is 1. The zero-order valence-electron chi connectivity index (χ0n) is 25.6. The van der Waals surface area contributed by atoms with Crippen molar-refractivity contribution in [1.29, 1.82) is 0 Å². The van der Waals surface area contributed by atoms with Crippen LogP contribution in [0.2, 0.25) is 0 Å². The highest BCUT2D eigenvalue weighted by Gasteiger charge is 2.41. The number of nitrogens with one attached hydrogen (secondary N) is 4. The molecule has 2 heterocycles. The van der Waals surface area contributed by atoms with Crippen molar-refractivity contribution in [3.8, 4) is 0 Å². The molecule has 12 nitrogen and oxygen atoms in total. The number of rotatable bonds is 6. The third kappa shape index (κ3) is 9.71. The van der Waals surface area contributed by atoms with Gasteiger partial charge in [-0.15, -0.1) is 0 Å². The highest BCUT2D eigenvalue weighted by Crippen LogP contribution is 2.23. The Labute approximate surface area is 243 Å². The minimum Gasteiger partial charge on any atom is -0.452 e. The van der Waals surface area contributed by atoms with Crippen LogP contribution in [0.15, 0.2) is 0 Å². The van der Waals surface area contributed by atoms with E-state index in [-0.39, 0.29) is 30.7 Å². The van der Waals surface area contributed by atoms with Crippen LogP contribution in [0.1, 0.15) is 87.0 Å². The van der Waals surface area contributed by atoms with Crippen LogP contribution in [0.5, 0.6) is 0 Å². The number of ether oxygens (including phenoxy) is 1. The first-order valence-electron chi connectivity index (χ1n) is 14.9. The third-order valence-electron chi connectivity index (χ3n) is 7.81. The number of hydrogen-bond acceptors (Lipinski definition) is 7. The van der Waals surface area contributed by atoms with E-state index in [1.165, 1.54) is 11.8 Å². The molecule has 0 spiro atoms. The summed E-state index contributed by atoms with van der Waals surface area (Å²) in [5.74, 6) is -3.42. The summed E-state index contributed by atoms with van der Waals surface area (Å²) < 4.78 is 5.59. The largest absolute Gasteiger partial charge is 0.452 e. The van der Waals surface area contributed by atoms with E-state index in [1.807, 2.05) is 27.7 Å². The molecule has 232 valence electrons. The van der Waals surface area contributed by atoms with Crippen molar-refractivity contribution in [3.05, 3.63) is 0 Å². The van der Waals surface area contributed by atoms with Crippen LogP contribution in [0.4, 0.5) is 0 Å². The lowest BCUT2D eigenvalue weighted by molar-refractivity contribution is -0.162. The van der Waals surface area contributed by atoms with Gasteiger partial charge in [0.25, 0.3) is 5.91 Å². The van der Waals surface area contributed by atoms with E-state index in [9.17, 15) is 28.8 Å². The molecule has 2 aliphatic heterocycles. The SMILES string of the molecule is CCC(C)C1NC(=O)C2CCCN2C(=O)C(CCC(C)C)OC(=O)CCNC(=O)C(C)NC(=O)C(C(C)C)NC1=O. The fraction of sp³-hybridized carbons (Fsp3) is 0.793. The molecule has 0 aromatic heterocycles. The molecule has 6 unspecified atom stereocenters. The second-order valence-electron chi connectivity index (χ2n) is 12.0. The number of carbonyl (C=O) groups excluding carboxylic acids is 6. The van der Waals surface area contributed by atoms with Crippen molar-refractivity contribution in [2.45, 2.75) is 117 Å². The summed E-state index contributed by atoms with van der Waals surface area (Å²) in [5.41, 5.74) is 0. The molecular formula is C29H49N5O7. The molecule has 41 heavy (non-hydrogen) atoms. The van der Waals surface area contributed by atoms with Crippen molar-refractivity contribution in [2.75, 3.05) is 13.1 Å². The quantitative estimate of drug-likeness (QED) is 0.341. The molecule has 2 fully saturated rings. The van der Waals surface area contributed by atoms with Gasteiger partial charge in [0.2, 0.25) is 23.6 Å². The molecule has 0 radical (unpaired) electrons. The number of esters is 1. The Balaban J connectivity index is 2.43. The van der Waals surface area contributed by atoms with E-state index in [4.69, 9.17) is 4.74 Å². The first-order valence-corrected chi connectivity index (χ1v) is 14.9. The topological polar surface area (TPSA) is 163 Å². The van der Waals surface area contributed by atoms with Gasteiger partial charge in [-0.25, -0.2) is 0 Å². The van der Waals surface area contributed by atoms with Crippen molar-refractivity contribution >= 4 is 35.5 Å². The minimum atomic E-state index is -1.06. The fourth-order valence-electron chi connectivity index (χ4n) is 4.96. The first-order chi connectivity index (χ1) is 19.3. The predicted octanol–water partition coefficient (Wildman–Crippen LogP) is 1.02. The van der Waals surface area contributed by atoms with Crippen LogP contribution >= 0.6 is 0 Å². The Morgan fingerprint density at radius 1 is 0.878 bits per heavy atom. The number of hydrogen-bond donors (Lipinski definition) is 4. The highest BCUT2D eigenvalue weighted by molar-refractivity contribution is 5.96. The molecule has 2 aliphatic rings. The summed E-state index contributed by atoms with van der Waals surface area (Å²) >= 11 is 0. The van der Waals surface area contributed by atoms with Crippen molar-refractivity contribution < 1.29 is 33.5 Å². The van der Waals surface area contributed by atoms with Crippen molar-refractivity contribution in [1.82, 2.24) is 26.2 Å². The normalized spacial score (nSPS) is 28.5. The molecule has 4 N–H and O–H groups in total. The lowest BCUT2D eigenvalue weighted by atomic mass is 9.96. The van der Waals surface area contributed by atoms with E-state index in [0.717, 1.165) is 0 Å². The Bertz CT molecular complexity index is 969. The smallest absolute Gasteiger partial charge is 0.308 e. The van der Waals surface area contributed by atoms with Crippen LogP contribution in [-0.2, 0) is 33.5 Å². The molecule has 0 saturated carbocycles.